The number of fused-ring (bicyclic) bond motifs is 8. The lowest BCUT2D eigenvalue weighted by Gasteiger charge is -2.34. The molecule has 2 N–H and O–H groups in total. The van der Waals surface area contributed by atoms with E-state index < -0.39 is 0 Å². The van der Waals surface area contributed by atoms with Gasteiger partial charge in [0.2, 0.25) is 0 Å². The van der Waals surface area contributed by atoms with Gasteiger partial charge in [-0.15, -0.1) is 20.4 Å². The third-order valence-corrected chi connectivity index (χ3v) is 28.5. The highest BCUT2D eigenvalue weighted by Crippen LogP contribution is 2.59. The van der Waals surface area contributed by atoms with Crippen LogP contribution in [0.15, 0.2) is 297 Å². The van der Waals surface area contributed by atoms with E-state index in [0.29, 0.717) is 11.4 Å². The number of allylic oxidation sites excluding steroid dienone is 4. The van der Waals surface area contributed by atoms with Crippen molar-refractivity contribution < 1.29 is 0 Å². The molecule has 127 heavy (non-hydrogen) atoms. The van der Waals surface area contributed by atoms with Crippen LogP contribution in [0.4, 0.5) is 5.69 Å². The third kappa shape index (κ3) is 13.6. The average Bonchev–Trinajstić information content (AvgIpc) is 1.62. The molecule has 0 spiro atoms. The molecule has 5 aromatic heterocycles. The Balaban J connectivity index is 0.671. The third-order valence-electron chi connectivity index (χ3n) is 28.5. The van der Waals surface area contributed by atoms with Crippen molar-refractivity contribution in [3.63, 3.8) is 0 Å². The Labute approximate surface area is 741 Å². The maximum absolute atomic E-state index is 10.4. The van der Waals surface area contributed by atoms with Gasteiger partial charge in [0.05, 0.1) is 22.8 Å². The summed E-state index contributed by atoms with van der Waals surface area (Å²) in [6, 6.07) is 90.7. The minimum atomic E-state index is -0.323. The lowest BCUT2D eigenvalue weighted by molar-refractivity contribution is 0.401. The van der Waals surface area contributed by atoms with E-state index in [4.69, 9.17) is 25.5 Å². The molecule has 0 fully saturated rings. The monoisotopic (exact) mass is 1650 g/mol. The first-order chi connectivity index (χ1) is 62.7. The molecule has 622 valence electrons. The largest absolute Gasteiger partial charge is 0.298 e. The quantitative estimate of drug-likeness (QED) is 0.0196. The number of rotatable bonds is 30. The standard InChI is InChI=1S/C115H102N12/c1-5-9-13-17-59-114(60-18-14-10-6-2)100-69-79(86-49-51-98(108(116)109(86)121-120-83-53-63-117-64-54-83)90-39-31-77-29-27-73-23-21-25-75-33-45-96(90)106(77)104(73)75)35-41-92(100)93-42-36-80(70-101(93)114)87-47-48-88(111-110(87)122-126(123-111)84-55-65-118-66-56-84)81-37-43-94-95-44-38-82(72-103(95)115(102(94)71-81,61-19-15-11-7-3)62-20-16-12-8-4)89-50-52-99(113-112(89)124-127(125-113)85-57-67-119-68-58-85)91-40-32-78-30-28-74-24-22-26-76-34-46-97(91)107(78)105(74)76/h21-58,63-72,116H,5-20,59-62H2,1-4H3,(H,117,120)/b116-108?,121-109-. The summed E-state index contributed by atoms with van der Waals surface area (Å²) in [6.45, 7) is 9.30. The molecule has 22 rings (SSSR count). The van der Waals surface area contributed by atoms with Crippen molar-refractivity contribution in [2.75, 3.05) is 5.43 Å². The smallest absolute Gasteiger partial charge is 0.122 e. The van der Waals surface area contributed by atoms with Gasteiger partial charge in [0, 0.05) is 81.4 Å². The van der Waals surface area contributed by atoms with Gasteiger partial charge in [0.1, 0.15) is 27.8 Å². The number of hydrazone groups is 1. The van der Waals surface area contributed by atoms with E-state index in [0.717, 1.165) is 188 Å². The Morgan fingerprint density at radius 2 is 0.622 bits per heavy atom. The number of hydrogen-bond acceptors (Lipinski definition) is 10. The van der Waals surface area contributed by atoms with E-state index >= 15 is 0 Å². The lowest BCUT2D eigenvalue weighted by Crippen LogP contribution is -2.26. The van der Waals surface area contributed by atoms with Crippen LogP contribution < -0.4 is 5.43 Å². The van der Waals surface area contributed by atoms with Crippen molar-refractivity contribution in [1.82, 2.24) is 44.9 Å². The minimum Gasteiger partial charge on any atom is -0.298 e. The second-order valence-electron chi connectivity index (χ2n) is 35.8. The van der Waals surface area contributed by atoms with E-state index in [1.54, 1.807) is 12.4 Å². The first-order valence-electron chi connectivity index (χ1n) is 46.5. The molecule has 0 amide bonds. The van der Waals surface area contributed by atoms with Crippen LogP contribution in [0.25, 0.3) is 176 Å². The molecule has 12 heteroatoms. The summed E-state index contributed by atoms with van der Waals surface area (Å²) in [5.74, 6) is 0. The average molecular weight is 1650 g/mol. The van der Waals surface area contributed by atoms with Gasteiger partial charge < -0.3 is 0 Å². The SMILES string of the molecule is CCCCCCC1(CCCCCC)c2cc(C3=CC=C(c4ccc5ccc6cccc7ccc4c5c67)C(=N)/C3=N\Nc3ccncc3)ccc2-c2ccc(-c3ccc(-c4ccc5c(c4)C(CCCCCC)(CCCCCC)c4cc(-c6ccc(-c7ccc8ccc9cccc%10ccc7c8c9%10)c7nn(-c8ccncc8)nc67)ccc4-5)c4nn(-c5ccncc5)nc34)cc21. The van der Waals surface area contributed by atoms with Crippen LogP contribution in [0.5, 0.6) is 0 Å². The zero-order chi connectivity index (χ0) is 85.3. The number of benzene rings is 14. The molecule has 0 bridgehead atoms. The number of nitrogens with one attached hydrogen (secondary N) is 2. The van der Waals surface area contributed by atoms with Gasteiger partial charge in [-0.25, -0.2) is 0 Å². The van der Waals surface area contributed by atoms with Gasteiger partial charge in [-0.3, -0.25) is 25.8 Å². The first-order valence-corrected chi connectivity index (χ1v) is 46.5. The van der Waals surface area contributed by atoms with Crippen molar-refractivity contribution in [3.05, 3.63) is 325 Å². The molecular weight excluding hydrogens is 1550 g/mol. The molecule has 14 aromatic carbocycles. The van der Waals surface area contributed by atoms with Crippen molar-refractivity contribution in [3.8, 4) is 78.1 Å². The van der Waals surface area contributed by atoms with E-state index in [1.807, 2.05) is 70.8 Å². The maximum atomic E-state index is 10.4. The van der Waals surface area contributed by atoms with Gasteiger partial charge in [0.25, 0.3) is 0 Å². The van der Waals surface area contributed by atoms with Crippen molar-refractivity contribution in [1.29, 1.82) is 5.41 Å². The van der Waals surface area contributed by atoms with Crippen LogP contribution in [-0.4, -0.2) is 56.4 Å². The highest BCUT2D eigenvalue weighted by atomic mass is 15.5. The maximum Gasteiger partial charge on any atom is 0.122 e. The van der Waals surface area contributed by atoms with Gasteiger partial charge in [-0.1, -0.05) is 325 Å². The van der Waals surface area contributed by atoms with Crippen LogP contribution in [0.2, 0.25) is 0 Å². The molecule has 0 saturated heterocycles. The molecule has 0 saturated carbocycles. The summed E-state index contributed by atoms with van der Waals surface area (Å²) < 4.78 is 0. The van der Waals surface area contributed by atoms with Gasteiger partial charge in [-0.2, -0.15) is 14.7 Å². The fourth-order valence-electron chi connectivity index (χ4n) is 22.1. The summed E-state index contributed by atoms with van der Waals surface area (Å²) >= 11 is 0. The molecule has 0 atom stereocenters. The van der Waals surface area contributed by atoms with E-state index in [2.05, 4.69) is 266 Å². The van der Waals surface area contributed by atoms with E-state index in [9.17, 15) is 5.41 Å². The zero-order valence-corrected chi connectivity index (χ0v) is 72.8. The van der Waals surface area contributed by atoms with Crippen LogP contribution in [0, 0.1) is 5.41 Å². The van der Waals surface area contributed by atoms with Crippen LogP contribution in [0.1, 0.15) is 189 Å². The predicted octanol–water partition coefficient (Wildman–Crippen LogP) is 30.2. The fourth-order valence-corrected chi connectivity index (χ4v) is 22.1. The topological polar surface area (TPSA) is 148 Å². The van der Waals surface area contributed by atoms with Crippen LogP contribution >= 0.6 is 0 Å². The van der Waals surface area contributed by atoms with Crippen LogP contribution in [-0.2, 0) is 10.8 Å². The summed E-state index contributed by atoms with van der Waals surface area (Å²) in [5, 5.41) is 52.6. The van der Waals surface area contributed by atoms with Crippen molar-refractivity contribution >= 4 is 115 Å². The van der Waals surface area contributed by atoms with Gasteiger partial charge in [-0.05, 0) is 229 Å². The Morgan fingerprint density at radius 1 is 0.299 bits per heavy atom. The van der Waals surface area contributed by atoms with E-state index in [1.165, 1.54) is 155 Å². The summed E-state index contributed by atoms with van der Waals surface area (Å²) in [6.07, 6.45) is 37.9. The number of hydrogen-bond donors (Lipinski definition) is 2. The fraction of sp³-hybridized carbons (Fsp3) is 0.226. The summed E-state index contributed by atoms with van der Waals surface area (Å²) in [4.78, 5) is 16.9. The highest BCUT2D eigenvalue weighted by Gasteiger charge is 2.45. The number of unbranched alkanes of at least 4 members (excludes halogenated alkanes) is 12. The summed E-state index contributed by atoms with van der Waals surface area (Å²) in [7, 11) is 0. The molecule has 0 radical (unpaired) electrons. The Bertz CT molecular complexity index is 7520. The Hall–Kier alpha value is -14.0. The van der Waals surface area contributed by atoms with Crippen LogP contribution in [0.3, 0.4) is 0 Å². The van der Waals surface area contributed by atoms with Crippen molar-refractivity contribution in [2.24, 2.45) is 5.10 Å². The molecule has 0 unspecified atom stereocenters. The van der Waals surface area contributed by atoms with Gasteiger partial charge >= 0.3 is 0 Å². The molecule has 3 aliphatic rings. The lowest BCUT2D eigenvalue weighted by atomic mass is 9.69. The second kappa shape index (κ2) is 33.2. The predicted molar refractivity (Wildman–Crippen MR) is 529 cm³/mol. The Kier molecular flexibility index (Phi) is 20.6. The highest BCUT2D eigenvalue weighted by molar-refractivity contribution is 6.69. The first kappa shape index (κ1) is 79.0. The normalized spacial score (nSPS) is 14.2. The molecule has 12 nitrogen and oxygen atoms in total. The molecule has 5 heterocycles. The molecular formula is C115H102N12. The Morgan fingerprint density at radius 3 is 1.04 bits per heavy atom. The number of nitrogens with zero attached hydrogens (tertiary/aromatic N) is 10. The second-order valence-corrected chi connectivity index (χ2v) is 35.8. The minimum absolute atomic E-state index is 0.290. The molecule has 19 aromatic rings. The van der Waals surface area contributed by atoms with Gasteiger partial charge in [0.15, 0.2) is 0 Å². The van der Waals surface area contributed by atoms with Crippen molar-refractivity contribution in [2.45, 2.75) is 167 Å². The molecule has 0 aliphatic heterocycles. The number of aromatic nitrogens is 9. The van der Waals surface area contributed by atoms with E-state index in [-0.39, 0.29) is 10.8 Å². The zero-order valence-electron chi connectivity index (χ0n) is 72.8. The number of pyridine rings is 3. The summed E-state index contributed by atoms with van der Waals surface area (Å²) in [5.41, 5.74) is 33.0. The number of anilines is 1. The molecule has 3 aliphatic carbocycles.